The van der Waals surface area contributed by atoms with Gasteiger partial charge in [0, 0.05) is 19.2 Å². The first kappa shape index (κ1) is 10.7. The minimum atomic E-state index is 0.654. The van der Waals surface area contributed by atoms with Gasteiger partial charge in [-0.25, -0.2) is 0 Å². The molecule has 84 valence electrons. The molecular weight excluding hydrogens is 206 g/mol. The number of aromatic nitrogens is 1. The van der Waals surface area contributed by atoms with Crippen LogP contribution in [-0.4, -0.2) is 17.5 Å². The van der Waals surface area contributed by atoms with E-state index in [0.29, 0.717) is 5.82 Å². The smallest absolute Gasteiger partial charge is 0.139 e. The molecule has 0 aliphatic carbocycles. The Morgan fingerprint density at radius 2 is 2.13 bits per heavy atom. The molecular formula is C11H19N3S. The molecule has 2 rings (SSSR count). The van der Waals surface area contributed by atoms with Crippen molar-refractivity contribution >= 4 is 22.4 Å². The Bertz CT molecular complexity index is 313. The van der Waals surface area contributed by atoms with Crippen LogP contribution in [0.15, 0.2) is 6.07 Å². The maximum atomic E-state index is 5.63. The summed E-state index contributed by atoms with van der Waals surface area (Å²) in [4.78, 5) is 2.41. The van der Waals surface area contributed by atoms with Crippen LogP contribution in [-0.2, 0) is 0 Å². The van der Waals surface area contributed by atoms with Crippen molar-refractivity contribution in [2.24, 2.45) is 11.8 Å². The van der Waals surface area contributed by atoms with E-state index < -0.39 is 0 Å². The van der Waals surface area contributed by atoms with E-state index >= 15 is 0 Å². The van der Waals surface area contributed by atoms with Crippen molar-refractivity contribution in [1.82, 2.24) is 4.37 Å². The van der Waals surface area contributed by atoms with Gasteiger partial charge in [0.05, 0.1) is 0 Å². The SMILES string of the molecule is CC(C)C1CCN(c2cc(N)ns2)CC1. The van der Waals surface area contributed by atoms with Crippen LogP contribution in [0.2, 0.25) is 0 Å². The van der Waals surface area contributed by atoms with E-state index in [1.165, 1.54) is 29.4 Å². The molecule has 1 saturated heterocycles. The summed E-state index contributed by atoms with van der Waals surface area (Å²) in [5.41, 5.74) is 5.63. The number of piperidine rings is 1. The number of nitrogens with zero attached hydrogens (tertiary/aromatic N) is 2. The average Bonchev–Trinajstić information content (AvgIpc) is 2.65. The summed E-state index contributed by atoms with van der Waals surface area (Å²) in [5.74, 6) is 2.37. The molecule has 0 spiro atoms. The highest BCUT2D eigenvalue weighted by molar-refractivity contribution is 7.10. The van der Waals surface area contributed by atoms with Crippen molar-refractivity contribution < 1.29 is 0 Å². The zero-order valence-corrected chi connectivity index (χ0v) is 10.3. The number of hydrogen-bond donors (Lipinski definition) is 1. The summed E-state index contributed by atoms with van der Waals surface area (Å²) in [6, 6.07) is 1.99. The number of nitrogens with two attached hydrogens (primary N) is 1. The van der Waals surface area contributed by atoms with E-state index in [4.69, 9.17) is 5.73 Å². The second kappa shape index (κ2) is 4.39. The fourth-order valence-corrected chi connectivity index (χ4v) is 2.94. The van der Waals surface area contributed by atoms with Gasteiger partial charge in [-0.3, -0.25) is 0 Å². The molecule has 0 unspecified atom stereocenters. The van der Waals surface area contributed by atoms with Crippen molar-refractivity contribution in [2.45, 2.75) is 26.7 Å². The molecule has 2 heterocycles. The molecule has 0 bridgehead atoms. The van der Waals surface area contributed by atoms with Gasteiger partial charge in [0.2, 0.25) is 0 Å². The fourth-order valence-electron chi connectivity index (χ4n) is 2.21. The van der Waals surface area contributed by atoms with Gasteiger partial charge in [-0.15, -0.1) is 0 Å². The second-order valence-corrected chi connectivity index (χ2v) is 5.44. The molecule has 0 amide bonds. The fraction of sp³-hybridized carbons (Fsp3) is 0.727. The summed E-state index contributed by atoms with van der Waals surface area (Å²) >= 11 is 1.52. The molecule has 0 radical (unpaired) electrons. The average molecular weight is 225 g/mol. The van der Waals surface area contributed by atoms with Crippen molar-refractivity contribution in [3.8, 4) is 0 Å². The Morgan fingerprint density at radius 1 is 1.47 bits per heavy atom. The van der Waals surface area contributed by atoms with E-state index in [9.17, 15) is 0 Å². The lowest BCUT2D eigenvalue weighted by atomic mass is 9.87. The highest BCUT2D eigenvalue weighted by Gasteiger charge is 2.22. The van der Waals surface area contributed by atoms with Crippen molar-refractivity contribution in [3.63, 3.8) is 0 Å². The van der Waals surface area contributed by atoms with E-state index in [0.717, 1.165) is 24.9 Å². The van der Waals surface area contributed by atoms with Gasteiger partial charge in [-0.2, -0.15) is 4.37 Å². The first-order valence-electron chi connectivity index (χ1n) is 5.64. The molecule has 4 heteroatoms. The maximum Gasteiger partial charge on any atom is 0.139 e. The molecule has 0 saturated carbocycles. The van der Waals surface area contributed by atoms with Crippen molar-refractivity contribution in [1.29, 1.82) is 0 Å². The third kappa shape index (κ3) is 2.43. The lowest BCUT2D eigenvalue weighted by molar-refractivity contribution is 0.312. The highest BCUT2D eigenvalue weighted by atomic mass is 32.1. The quantitative estimate of drug-likeness (QED) is 0.841. The van der Waals surface area contributed by atoms with E-state index in [1.807, 2.05) is 6.07 Å². The van der Waals surface area contributed by atoms with Gasteiger partial charge in [0.1, 0.15) is 10.8 Å². The number of rotatable bonds is 2. The molecule has 1 fully saturated rings. The Kier molecular flexibility index (Phi) is 3.14. The standard InChI is InChI=1S/C11H19N3S/c1-8(2)9-3-5-14(6-4-9)11-7-10(12)13-15-11/h7-9H,3-6H2,1-2H3,(H2,12,13). The summed E-state index contributed by atoms with van der Waals surface area (Å²) in [6.07, 6.45) is 2.60. The van der Waals surface area contributed by atoms with Crippen LogP contribution >= 0.6 is 11.5 Å². The molecule has 1 aliphatic heterocycles. The van der Waals surface area contributed by atoms with Crippen LogP contribution in [0.25, 0.3) is 0 Å². The summed E-state index contributed by atoms with van der Waals surface area (Å²) in [7, 11) is 0. The van der Waals surface area contributed by atoms with Crippen LogP contribution in [0.5, 0.6) is 0 Å². The van der Waals surface area contributed by atoms with Crippen LogP contribution in [0.1, 0.15) is 26.7 Å². The Labute approximate surface area is 95.4 Å². The molecule has 0 atom stereocenters. The molecule has 1 aliphatic rings. The number of hydrogen-bond acceptors (Lipinski definition) is 4. The second-order valence-electron chi connectivity index (χ2n) is 4.66. The summed E-state index contributed by atoms with van der Waals surface area (Å²) in [5, 5.41) is 1.23. The molecule has 2 N–H and O–H groups in total. The normalized spacial score (nSPS) is 18.7. The third-order valence-electron chi connectivity index (χ3n) is 3.31. The zero-order chi connectivity index (χ0) is 10.8. The van der Waals surface area contributed by atoms with E-state index in [-0.39, 0.29) is 0 Å². The first-order chi connectivity index (χ1) is 7.16. The van der Waals surface area contributed by atoms with Crippen LogP contribution in [0.3, 0.4) is 0 Å². The van der Waals surface area contributed by atoms with Crippen molar-refractivity contribution in [3.05, 3.63) is 6.07 Å². The minimum Gasteiger partial charge on any atom is -0.383 e. The summed E-state index contributed by atoms with van der Waals surface area (Å²) in [6.45, 7) is 6.96. The van der Waals surface area contributed by atoms with Gasteiger partial charge in [-0.1, -0.05) is 13.8 Å². The molecule has 15 heavy (non-hydrogen) atoms. The maximum absolute atomic E-state index is 5.63. The zero-order valence-electron chi connectivity index (χ0n) is 9.44. The van der Waals surface area contributed by atoms with E-state index in [1.54, 1.807) is 0 Å². The van der Waals surface area contributed by atoms with Crippen LogP contribution < -0.4 is 10.6 Å². The Morgan fingerprint density at radius 3 is 2.60 bits per heavy atom. The minimum absolute atomic E-state index is 0.654. The highest BCUT2D eigenvalue weighted by Crippen LogP contribution is 2.30. The number of anilines is 2. The van der Waals surface area contributed by atoms with Crippen LogP contribution in [0.4, 0.5) is 10.8 Å². The first-order valence-corrected chi connectivity index (χ1v) is 6.41. The van der Waals surface area contributed by atoms with E-state index in [2.05, 4.69) is 23.1 Å². The Hall–Kier alpha value is -0.770. The predicted molar refractivity (Wildman–Crippen MR) is 66.3 cm³/mol. The molecule has 3 nitrogen and oxygen atoms in total. The predicted octanol–water partition coefficient (Wildman–Crippen LogP) is 2.60. The van der Waals surface area contributed by atoms with Gasteiger partial charge in [0.15, 0.2) is 0 Å². The molecule has 0 aromatic carbocycles. The third-order valence-corrected chi connectivity index (χ3v) is 4.18. The van der Waals surface area contributed by atoms with Gasteiger partial charge in [0.25, 0.3) is 0 Å². The van der Waals surface area contributed by atoms with Gasteiger partial charge >= 0.3 is 0 Å². The van der Waals surface area contributed by atoms with Gasteiger partial charge < -0.3 is 10.6 Å². The largest absolute Gasteiger partial charge is 0.383 e. The molecule has 1 aromatic rings. The monoisotopic (exact) mass is 225 g/mol. The Balaban J connectivity index is 1.93. The summed E-state index contributed by atoms with van der Waals surface area (Å²) < 4.78 is 4.12. The molecule has 1 aromatic heterocycles. The lowest BCUT2D eigenvalue weighted by Gasteiger charge is -2.34. The topological polar surface area (TPSA) is 42.1 Å². The van der Waals surface area contributed by atoms with Gasteiger partial charge in [-0.05, 0) is 36.2 Å². The number of nitrogen functional groups attached to an aromatic ring is 1. The lowest BCUT2D eigenvalue weighted by Crippen LogP contribution is -2.34. The van der Waals surface area contributed by atoms with Crippen LogP contribution in [0, 0.1) is 11.8 Å². The van der Waals surface area contributed by atoms with Crippen molar-refractivity contribution in [2.75, 3.05) is 23.7 Å².